The van der Waals surface area contributed by atoms with Crippen LogP contribution in [-0.4, -0.2) is 49.0 Å². The Morgan fingerprint density at radius 2 is 1.60 bits per heavy atom. The fourth-order valence-corrected chi connectivity index (χ4v) is 6.23. The van der Waals surface area contributed by atoms with Crippen LogP contribution in [0.1, 0.15) is 79.6 Å². The summed E-state index contributed by atoms with van der Waals surface area (Å²) in [6, 6.07) is 22.9. The summed E-state index contributed by atoms with van der Waals surface area (Å²) in [6.45, 7) is 0.419. The largest absolute Gasteiger partial charge is 0.397 e. The molecule has 13 heteroatoms. The van der Waals surface area contributed by atoms with Gasteiger partial charge in [0.25, 0.3) is 0 Å². The predicted molar refractivity (Wildman–Crippen MR) is 183 cm³/mol. The Bertz CT molecular complexity index is 1620. The van der Waals surface area contributed by atoms with Gasteiger partial charge < -0.3 is 30.9 Å². The SMILES string of the molecule is Cn1nnnc1SC[C@@H]1C[C@H](c2ccc(CO)cc2)O[C@H](c2ccc(CNC(=O)CCCCCCC(=O)Nc3ccccc3N)cc2)O1. The highest BCUT2D eigenvalue weighted by atomic mass is 32.2. The summed E-state index contributed by atoms with van der Waals surface area (Å²) >= 11 is 1.54. The lowest BCUT2D eigenvalue weighted by molar-refractivity contribution is -0.245. The molecule has 2 amide bonds. The highest BCUT2D eigenvalue weighted by Gasteiger charge is 2.32. The number of para-hydroxylation sites is 2. The van der Waals surface area contributed by atoms with Crippen LogP contribution in [-0.2, 0) is 39.3 Å². The maximum absolute atomic E-state index is 12.5. The first-order chi connectivity index (χ1) is 23.4. The second-order valence-electron chi connectivity index (χ2n) is 11.8. The number of aryl methyl sites for hydroxylation is 1. The lowest BCUT2D eigenvalue weighted by Gasteiger charge is -2.36. The number of carbonyl (C=O) groups is 2. The normalized spacial score (nSPS) is 17.6. The summed E-state index contributed by atoms with van der Waals surface area (Å²) in [6.07, 6.45) is 3.94. The standard InChI is InChI=1S/C35H43N7O5S/c1-42-35(39-40-41-42)48-23-28-20-31(26-16-14-25(22-43)15-17-26)47-34(46-28)27-18-12-24(13-19-27)21-37-32(44)10-4-2-3-5-11-33(45)38-30-9-7-6-8-29(30)36/h6-9,12-19,28,31,34,43H,2-5,10-11,20-23,36H2,1H3,(H,37,44)(H,38,45)/t28-,31+,34+/m0/s1. The van der Waals surface area contributed by atoms with Crippen molar-refractivity contribution in [1.29, 1.82) is 0 Å². The number of carbonyl (C=O) groups excluding carboxylic acids is 2. The van der Waals surface area contributed by atoms with E-state index in [9.17, 15) is 14.7 Å². The average Bonchev–Trinajstić information content (AvgIpc) is 3.53. The number of unbranched alkanes of at least 4 members (excludes halogenated alkanes) is 3. The molecule has 254 valence electrons. The number of thioether (sulfide) groups is 1. The molecule has 0 saturated carbocycles. The summed E-state index contributed by atoms with van der Waals surface area (Å²) < 4.78 is 14.5. The van der Waals surface area contributed by atoms with Crippen LogP contribution in [0.3, 0.4) is 0 Å². The number of nitrogens with two attached hydrogens (primary N) is 1. The molecule has 0 unspecified atom stereocenters. The van der Waals surface area contributed by atoms with Crippen molar-refractivity contribution in [3.05, 3.63) is 95.1 Å². The van der Waals surface area contributed by atoms with E-state index in [0.717, 1.165) is 47.9 Å². The highest BCUT2D eigenvalue weighted by molar-refractivity contribution is 7.99. The van der Waals surface area contributed by atoms with Gasteiger partial charge in [-0.15, -0.1) is 5.10 Å². The molecule has 0 aliphatic carbocycles. The van der Waals surface area contributed by atoms with Crippen molar-refractivity contribution in [3.8, 4) is 0 Å². The molecular weight excluding hydrogens is 630 g/mol. The van der Waals surface area contributed by atoms with Crippen LogP contribution in [0.2, 0.25) is 0 Å². The third-order valence-corrected chi connectivity index (χ3v) is 9.27. The molecule has 12 nitrogen and oxygen atoms in total. The smallest absolute Gasteiger partial charge is 0.224 e. The Balaban J connectivity index is 1.05. The maximum Gasteiger partial charge on any atom is 0.224 e. The molecule has 1 aliphatic heterocycles. The zero-order valence-electron chi connectivity index (χ0n) is 27.1. The minimum absolute atomic E-state index is 0.00355. The van der Waals surface area contributed by atoms with Crippen molar-refractivity contribution < 1.29 is 24.2 Å². The van der Waals surface area contributed by atoms with E-state index in [1.165, 1.54) is 11.8 Å². The van der Waals surface area contributed by atoms with Gasteiger partial charge in [-0.3, -0.25) is 9.59 Å². The van der Waals surface area contributed by atoms with Gasteiger partial charge in [0, 0.05) is 44.2 Å². The number of nitrogen functional groups attached to an aromatic ring is 1. The Labute approximate surface area is 284 Å². The second kappa shape index (κ2) is 17.7. The van der Waals surface area contributed by atoms with Gasteiger partial charge in [-0.1, -0.05) is 85.3 Å². The van der Waals surface area contributed by atoms with E-state index in [2.05, 4.69) is 26.2 Å². The number of hydrogen-bond acceptors (Lipinski definition) is 10. The minimum Gasteiger partial charge on any atom is -0.397 e. The molecule has 3 atom stereocenters. The Morgan fingerprint density at radius 3 is 2.29 bits per heavy atom. The summed E-state index contributed by atoms with van der Waals surface area (Å²) in [7, 11) is 1.81. The topological polar surface area (TPSA) is 167 Å². The molecular formula is C35H43N7O5S. The number of rotatable bonds is 16. The predicted octanol–water partition coefficient (Wildman–Crippen LogP) is 5.22. The number of aromatic nitrogens is 4. The Hall–Kier alpha value is -4.30. The van der Waals surface area contributed by atoms with Crippen molar-refractivity contribution in [2.45, 2.75) is 81.8 Å². The van der Waals surface area contributed by atoms with E-state index >= 15 is 0 Å². The Morgan fingerprint density at radius 1 is 0.917 bits per heavy atom. The first-order valence-electron chi connectivity index (χ1n) is 16.2. The number of aliphatic hydroxyl groups excluding tert-OH is 1. The molecule has 48 heavy (non-hydrogen) atoms. The number of tetrazole rings is 1. The number of amides is 2. The van der Waals surface area contributed by atoms with Gasteiger partial charge in [-0.05, 0) is 52.1 Å². The molecule has 3 aromatic carbocycles. The molecule has 1 fully saturated rings. The molecule has 0 spiro atoms. The van der Waals surface area contributed by atoms with Crippen molar-refractivity contribution >= 4 is 35.0 Å². The zero-order chi connectivity index (χ0) is 33.7. The molecule has 5 rings (SSSR count). The van der Waals surface area contributed by atoms with E-state index in [4.69, 9.17) is 15.2 Å². The molecule has 1 aliphatic rings. The first-order valence-corrected chi connectivity index (χ1v) is 17.2. The van der Waals surface area contributed by atoms with Gasteiger partial charge in [-0.25, -0.2) is 4.68 Å². The number of ether oxygens (including phenoxy) is 2. The van der Waals surface area contributed by atoms with Crippen molar-refractivity contribution in [1.82, 2.24) is 25.5 Å². The van der Waals surface area contributed by atoms with Crippen molar-refractivity contribution in [2.24, 2.45) is 7.05 Å². The Kier molecular flexibility index (Phi) is 12.9. The first kappa shape index (κ1) is 35.0. The van der Waals surface area contributed by atoms with Crippen LogP contribution >= 0.6 is 11.8 Å². The molecule has 4 aromatic rings. The van der Waals surface area contributed by atoms with E-state index in [0.29, 0.717) is 48.1 Å². The van der Waals surface area contributed by atoms with Crippen LogP contribution in [0.5, 0.6) is 0 Å². The zero-order valence-corrected chi connectivity index (χ0v) is 27.9. The van der Waals surface area contributed by atoms with E-state index in [1.54, 1.807) is 23.9 Å². The summed E-state index contributed by atoms with van der Waals surface area (Å²) in [4.78, 5) is 24.6. The number of aliphatic hydroxyl groups is 1. The van der Waals surface area contributed by atoms with Crippen LogP contribution in [0.25, 0.3) is 0 Å². The van der Waals surface area contributed by atoms with Gasteiger partial charge in [0.05, 0.1) is 30.2 Å². The molecule has 2 heterocycles. The highest BCUT2D eigenvalue weighted by Crippen LogP contribution is 2.39. The van der Waals surface area contributed by atoms with E-state index in [1.807, 2.05) is 60.7 Å². The summed E-state index contributed by atoms with van der Waals surface area (Å²) in [5.74, 6) is 0.605. The molecule has 5 N–H and O–H groups in total. The number of hydrogen-bond donors (Lipinski definition) is 4. The van der Waals surface area contributed by atoms with Crippen LogP contribution in [0.15, 0.2) is 78.0 Å². The van der Waals surface area contributed by atoms with Crippen LogP contribution < -0.4 is 16.4 Å². The van der Waals surface area contributed by atoms with E-state index < -0.39 is 6.29 Å². The maximum atomic E-state index is 12.5. The fourth-order valence-electron chi connectivity index (χ4n) is 5.36. The van der Waals surface area contributed by atoms with Gasteiger partial charge in [0.15, 0.2) is 6.29 Å². The van der Waals surface area contributed by atoms with Crippen LogP contribution in [0, 0.1) is 0 Å². The lowest BCUT2D eigenvalue weighted by atomic mass is 10.0. The molecule has 1 aromatic heterocycles. The van der Waals surface area contributed by atoms with Gasteiger partial charge >= 0.3 is 0 Å². The third-order valence-electron chi connectivity index (χ3n) is 8.13. The van der Waals surface area contributed by atoms with Gasteiger partial charge in [-0.2, -0.15) is 0 Å². The van der Waals surface area contributed by atoms with Crippen LogP contribution in [0.4, 0.5) is 11.4 Å². The minimum atomic E-state index is -0.573. The third kappa shape index (κ3) is 10.3. The monoisotopic (exact) mass is 673 g/mol. The van der Waals surface area contributed by atoms with Gasteiger partial charge in [0.2, 0.25) is 17.0 Å². The van der Waals surface area contributed by atoms with Crippen molar-refractivity contribution in [3.63, 3.8) is 0 Å². The summed E-state index contributed by atoms with van der Waals surface area (Å²) in [5, 5.41) is 27.7. The number of nitrogens with one attached hydrogen (secondary N) is 2. The van der Waals surface area contributed by atoms with Gasteiger partial charge in [0.1, 0.15) is 0 Å². The number of benzene rings is 3. The fraction of sp³-hybridized carbons (Fsp3) is 0.400. The quantitative estimate of drug-likeness (QED) is 0.0704. The number of anilines is 2. The van der Waals surface area contributed by atoms with Crippen molar-refractivity contribution in [2.75, 3.05) is 16.8 Å². The summed E-state index contributed by atoms with van der Waals surface area (Å²) in [5.41, 5.74) is 10.8. The average molecular weight is 674 g/mol. The molecule has 0 bridgehead atoms. The lowest BCUT2D eigenvalue weighted by Crippen LogP contribution is -2.31. The van der Waals surface area contributed by atoms with E-state index in [-0.39, 0.29) is 30.6 Å². The molecule has 0 radical (unpaired) electrons. The number of nitrogens with zero attached hydrogens (tertiary/aromatic N) is 4. The second-order valence-corrected chi connectivity index (χ2v) is 12.8. The molecule has 1 saturated heterocycles.